The molecule has 8 heteroatoms. The van der Waals surface area contributed by atoms with Crippen LogP contribution in [0.1, 0.15) is 32.3 Å². The highest BCUT2D eigenvalue weighted by molar-refractivity contribution is 5.80. The summed E-state index contributed by atoms with van der Waals surface area (Å²) < 4.78 is 11.0. The number of hydrogen-bond donors (Lipinski definition) is 3. The van der Waals surface area contributed by atoms with Gasteiger partial charge in [0.05, 0.1) is 12.7 Å². The molecule has 1 aromatic rings. The SMILES string of the molecule is CN=C(NCc1cccc(OCC(N)=O)c1)NC1CCN(CCOC(C)C)CC1. The van der Waals surface area contributed by atoms with Gasteiger partial charge in [-0.25, -0.2) is 0 Å². The third kappa shape index (κ3) is 9.15. The first-order chi connectivity index (χ1) is 14.0. The molecule has 29 heavy (non-hydrogen) atoms. The minimum Gasteiger partial charge on any atom is -0.484 e. The molecule has 0 bridgehead atoms. The Balaban J connectivity index is 1.72. The van der Waals surface area contributed by atoms with Gasteiger partial charge in [0.2, 0.25) is 0 Å². The Kier molecular flexibility index (Phi) is 9.73. The first-order valence-electron chi connectivity index (χ1n) is 10.3. The van der Waals surface area contributed by atoms with Crippen LogP contribution >= 0.6 is 0 Å². The maximum Gasteiger partial charge on any atom is 0.255 e. The van der Waals surface area contributed by atoms with E-state index in [0.29, 0.717) is 24.4 Å². The second kappa shape index (κ2) is 12.3. The Morgan fingerprint density at radius 3 is 2.76 bits per heavy atom. The lowest BCUT2D eigenvalue weighted by molar-refractivity contribution is -0.119. The second-order valence-corrected chi connectivity index (χ2v) is 7.51. The summed E-state index contributed by atoms with van der Waals surface area (Å²) in [6, 6.07) is 7.99. The molecule has 0 radical (unpaired) electrons. The lowest BCUT2D eigenvalue weighted by Crippen LogP contribution is -2.49. The summed E-state index contributed by atoms with van der Waals surface area (Å²) in [7, 11) is 1.78. The van der Waals surface area contributed by atoms with Gasteiger partial charge in [-0.15, -0.1) is 0 Å². The largest absolute Gasteiger partial charge is 0.484 e. The van der Waals surface area contributed by atoms with E-state index in [2.05, 4.69) is 34.4 Å². The van der Waals surface area contributed by atoms with Crippen molar-refractivity contribution in [3.05, 3.63) is 29.8 Å². The molecular weight excluding hydrogens is 370 g/mol. The minimum atomic E-state index is -0.489. The van der Waals surface area contributed by atoms with Crippen molar-refractivity contribution in [3.8, 4) is 5.75 Å². The summed E-state index contributed by atoms with van der Waals surface area (Å²) in [5.74, 6) is 0.923. The second-order valence-electron chi connectivity index (χ2n) is 7.51. The lowest BCUT2D eigenvalue weighted by Gasteiger charge is -2.33. The van der Waals surface area contributed by atoms with Crippen LogP contribution in [-0.2, 0) is 16.1 Å². The highest BCUT2D eigenvalue weighted by Gasteiger charge is 2.19. The molecule has 1 heterocycles. The molecule has 1 saturated heterocycles. The van der Waals surface area contributed by atoms with E-state index in [-0.39, 0.29) is 6.61 Å². The number of benzene rings is 1. The summed E-state index contributed by atoms with van der Waals surface area (Å²) in [5.41, 5.74) is 6.16. The standard InChI is InChI=1S/C21H35N5O3/c1-16(2)28-12-11-26-9-7-18(8-10-26)25-21(23-3)24-14-17-5-4-6-19(13-17)29-15-20(22)27/h4-6,13,16,18H,7-12,14-15H2,1-3H3,(H2,22,27)(H2,23,24,25). The molecule has 8 nitrogen and oxygen atoms in total. The van der Waals surface area contributed by atoms with Gasteiger partial charge < -0.3 is 30.7 Å². The number of ether oxygens (including phenoxy) is 2. The third-order valence-electron chi connectivity index (χ3n) is 4.75. The van der Waals surface area contributed by atoms with E-state index in [1.165, 1.54) is 0 Å². The summed E-state index contributed by atoms with van der Waals surface area (Å²) in [5, 5.41) is 6.86. The van der Waals surface area contributed by atoms with Crippen molar-refractivity contribution < 1.29 is 14.3 Å². The molecular formula is C21H35N5O3. The zero-order chi connectivity index (χ0) is 21.1. The molecule has 1 amide bonds. The summed E-state index contributed by atoms with van der Waals surface area (Å²) in [6.07, 6.45) is 2.46. The van der Waals surface area contributed by atoms with Crippen LogP contribution in [0.5, 0.6) is 5.75 Å². The predicted molar refractivity (Wildman–Crippen MR) is 115 cm³/mol. The molecule has 4 N–H and O–H groups in total. The number of nitrogens with zero attached hydrogens (tertiary/aromatic N) is 2. The maximum absolute atomic E-state index is 10.9. The monoisotopic (exact) mass is 405 g/mol. The van der Waals surface area contributed by atoms with E-state index < -0.39 is 5.91 Å². The van der Waals surface area contributed by atoms with Crippen LogP contribution in [0.3, 0.4) is 0 Å². The first-order valence-corrected chi connectivity index (χ1v) is 10.3. The van der Waals surface area contributed by atoms with Crippen LogP contribution in [-0.4, -0.2) is 68.8 Å². The van der Waals surface area contributed by atoms with Crippen molar-refractivity contribution in [1.29, 1.82) is 0 Å². The number of piperidine rings is 1. The van der Waals surface area contributed by atoms with Gasteiger partial charge in [-0.1, -0.05) is 12.1 Å². The van der Waals surface area contributed by atoms with Crippen LogP contribution in [0.15, 0.2) is 29.3 Å². The van der Waals surface area contributed by atoms with Crippen LogP contribution < -0.4 is 21.1 Å². The van der Waals surface area contributed by atoms with E-state index >= 15 is 0 Å². The van der Waals surface area contributed by atoms with Crippen LogP contribution in [0.4, 0.5) is 0 Å². The zero-order valence-electron chi connectivity index (χ0n) is 17.8. The van der Waals surface area contributed by atoms with Crippen molar-refractivity contribution in [2.45, 2.75) is 45.4 Å². The topological polar surface area (TPSA) is 101 Å². The van der Waals surface area contributed by atoms with Crippen molar-refractivity contribution in [2.75, 3.05) is 39.9 Å². The van der Waals surface area contributed by atoms with E-state index in [9.17, 15) is 4.79 Å². The minimum absolute atomic E-state index is 0.123. The molecule has 0 aromatic heterocycles. The van der Waals surface area contributed by atoms with Gasteiger partial charge in [-0.2, -0.15) is 0 Å². The predicted octanol–water partition coefficient (Wildman–Crippen LogP) is 1.11. The highest BCUT2D eigenvalue weighted by Crippen LogP contribution is 2.13. The van der Waals surface area contributed by atoms with Gasteiger partial charge in [-0.05, 0) is 44.4 Å². The van der Waals surface area contributed by atoms with E-state index in [0.717, 1.165) is 50.6 Å². The van der Waals surface area contributed by atoms with E-state index in [4.69, 9.17) is 15.2 Å². The zero-order valence-corrected chi connectivity index (χ0v) is 17.8. The summed E-state index contributed by atoms with van der Waals surface area (Å²) in [4.78, 5) is 17.6. The van der Waals surface area contributed by atoms with Crippen molar-refractivity contribution in [3.63, 3.8) is 0 Å². The Morgan fingerprint density at radius 2 is 2.10 bits per heavy atom. The Hall–Kier alpha value is -2.32. The van der Waals surface area contributed by atoms with Crippen molar-refractivity contribution in [1.82, 2.24) is 15.5 Å². The molecule has 1 aliphatic rings. The molecule has 0 aliphatic carbocycles. The average molecular weight is 406 g/mol. The van der Waals surface area contributed by atoms with Gasteiger partial charge in [0, 0.05) is 39.3 Å². The molecule has 0 saturated carbocycles. The lowest BCUT2D eigenvalue weighted by atomic mass is 10.1. The van der Waals surface area contributed by atoms with Crippen molar-refractivity contribution >= 4 is 11.9 Å². The fraction of sp³-hybridized carbons (Fsp3) is 0.619. The summed E-state index contributed by atoms with van der Waals surface area (Å²) >= 11 is 0. The number of rotatable bonds is 10. The quantitative estimate of drug-likeness (QED) is 0.398. The van der Waals surface area contributed by atoms with E-state index in [1.807, 2.05) is 18.2 Å². The fourth-order valence-corrected chi connectivity index (χ4v) is 3.19. The fourth-order valence-electron chi connectivity index (χ4n) is 3.19. The first kappa shape index (κ1) is 23.0. The Morgan fingerprint density at radius 1 is 1.34 bits per heavy atom. The Labute approximate surface area is 173 Å². The molecule has 1 aromatic carbocycles. The number of amides is 1. The molecule has 1 aliphatic heterocycles. The molecule has 0 spiro atoms. The van der Waals surface area contributed by atoms with E-state index in [1.54, 1.807) is 13.1 Å². The molecule has 0 atom stereocenters. The van der Waals surface area contributed by atoms with Crippen molar-refractivity contribution in [2.24, 2.45) is 10.7 Å². The molecule has 1 fully saturated rings. The van der Waals surface area contributed by atoms with Crippen LogP contribution in [0, 0.1) is 0 Å². The normalized spacial score (nSPS) is 16.1. The summed E-state index contributed by atoms with van der Waals surface area (Å²) in [6.45, 7) is 8.54. The van der Waals surface area contributed by atoms with Gasteiger partial charge in [-0.3, -0.25) is 9.79 Å². The number of primary amides is 1. The van der Waals surface area contributed by atoms with Crippen LogP contribution in [0.2, 0.25) is 0 Å². The van der Waals surface area contributed by atoms with Gasteiger partial charge in [0.15, 0.2) is 12.6 Å². The number of nitrogens with two attached hydrogens (primary N) is 1. The molecule has 0 unspecified atom stereocenters. The number of aliphatic imine (C=N–C) groups is 1. The van der Waals surface area contributed by atoms with Crippen LogP contribution in [0.25, 0.3) is 0 Å². The Bertz CT molecular complexity index is 657. The number of guanidine groups is 1. The third-order valence-corrected chi connectivity index (χ3v) is 4.75. The van der Waals surface area contributed by atoms with Gasteiger partial charge in [0.25, 0.3) is 5.91 Å². The smallest absolute Gasteiger partial charge is 0.255 e. The molecule has 162 valence electrons. The number of carbonyl (C=O) groups excluding carboxylic acids is 1. The number of carbonyl (C=O) groups is 1. The van der Waals surface area contributed by atoms with Gasteiger partial charge >= 0.3 is 0 Å². The number of likely N-dealkylation sites (tertiary alicyclic amines) is 1. The average Bonchev–Trinajstić information content (AvgIpc) is 2.70. The number of nitrogens with one attached hydrogen (secondary N) is 2. The highest BCUT2D eigenvalue weighted by atomic mass is 16.5. The molecule has 2 rings (SSSR count). The maximum atomic E-state index is 10.9. The number of hydrogen-bond acceptors (Lipinski definition) is 5. The van der Waals surface area contributed by atoms with Gasteiger partial charge in [0.1, 0.15) is 5.75 Å².